The lowest BCUT2D eigenvalue weighted by molar-refractivity contribution is -0.136. The van der Waals surface area contributed by atoms with Crippen molar-refractivity contribution in [1.29, 1.82) is 0 Å². The Balaban J connectivity index is 0.000000979. The number of imidazole rings is 1. The van der Waals surface area contributed by atoms with E-state index in [4.69, 9.17) is 38.3 Å². The summed E-state index contributed by atoms with van der Waals surface area (Å²) in [6.45, 7) is 3.19. The Kier molecular flexibility index (Phi) is 12.1. The summed E-state index contributed by atoms with van der Waals surface area (Å²) >= 11 is 13.2. The van der Waals surface area contributed by atoms with Crippen LogP contribution >= 0.6 is 23.2 Å². The number of carbonyl (C=O) groups excluding carboxylic acids is 2. The molecular formula is C33H37Cl2N7O8S2. The highest BCUT2D eigenvalue weighted by atomic mass is 35.5. The van der Waals surface area contributed by atoms with E-state index in [-0.39, 0.29) is 39.9 Å². The number of aromatic nitrogens is 2. The number of nitrogens with two attached hydrogens (primary N) is 1. The van der Waals surface area contributed by atoms with E-state index < -0.39 is 26.2 Å². The highest BCUT2D eigenvalue weighted by molar-refractivity contribution is 7.89. The van der Waals surface area contributed by atoms with Gasteiger partial charge in [-0.05, 0) is 61.7 Å². The quantitative estimate of drug-likeness (QED) is 0.115. The minimum Gasteiger partial charge on any atom is -0.485 e. The number of aryl methyl sites for hydroxylation is 1. The minimum atomic E-state index is -4.18. The molecule has 15 nitrogen and oxygen atoms in total. The van der Waals surface area contributed by atoms with Gasteiger partial charge in [0.1, 0.15) is 17.5 Å². The van der Waals surface area contributed by atoms with Gasteiger partial charge in [0, 0.05) is 61.3 Å². The van der Waals surface area contributed by atoms with Crippen LogP contribution in [0.25, 0.3) is 5.65 Å². The highest BCUT2D eigenvalue weighted by Crippen LogP contribution is 2.36. The van der Waals surface area contributed by atoms with Crippen LogP contribution in [0.2, 0.25) is 10.0 Å². The number of nitrogens with zero attached hydrogens (tertiary/aromatic N) is 6. The number of ether oxygens (including phenoxy) is 1. The third-order valence-electron chi connectivity index (χ3n) is 8.43. The molecule has 6 rings (SSSR count). The number of amides is 2. The van der Waals surface area contributed by atoms with Crippen LogP contribution in [0.3, 0.4) is 0 Å². The molecule has 2 saturated heterocycles. The third kappa shape index (κ3) is 9.02. The maximum atomic E-state index is 14.0. The van der Waals surface area contributed by atoms with Gasteiger partial charge in [-0.1, -0.05) is 35.3 Å². The van der Waals surface area contributed by atoms with Crippen molar-refractivity contribution in [2.24, 2.45) is 10.9 Å². The van der Waals surface area contributed by atoms with E-state index in [0.717, 1.165) is 11.3 Å². The number of pyridine rings is 1. The van der Waals surface area contributed by atoms with E-state index in [1.54, 1.807) is 40.1 Å². The molecule has 0 spiro atoms. The van der Waals surface area contributed by atoms with Gasteiger partial charge in [0.05, 0.1) is 23.2 Å². The van der Waals surface area contributed by atoms with Gasteiger partial charge in [-0.2, -0.15) is 17.8 Å². The van der Waals surface area contributed by atoms with Crippen molar-refractivity contribution < 1.29 is 35.7 Å². The Morgan fingerprint density at radius 2 is 1.67 bits per heavy atom. The van der Waals surface area contributed by atoms with E-state index in [0.29, 0.717) is 67.8 Å². The molecule has 19 heteroatoms. The summed E-state index contributed by atoms with van der Waals surface area (Å²) in [4.78, 5) is 34.4. The van der Waals surface area contributed by atoms with Crippen LogP contribution in [0.15, 0.2) is 70.9 Å². The first-order valence-electron chi connectivity index (χ1n) is 16.0. The summed E-state index contributed by atoms with van der Waals surface area (Å²) in [5, 5.41) is 3.68. The Morgan fingerprint density at radius 1 is 1.02 bits per heavy atom. The van der Waals surface area contributed by atoms with Gasteiger partial charge in [-0.25, -0.2) is 13.4 Å². The second kappa shape index (κ2) is 16.2. The molecule has 4 heterocycles. The number of benzene rings is 2. The standard InChI is InChI=1S/C32H33Cl2N7O5S.CH4O3S/c1-21-19-40-12-3-5-27(30(40)37-21)46-20-24-25(33)10-11-28(29(24)34)47(44,45)41-13-2-4-26(41)32(43)39-16-14-38(15-17-39)31(42)23-8-6-22(7-9-23)18-36-35;1-5(2,3)4/h3,5-12,18-19,26H,2,4,13-17,20,35H2,1H3;1H3,(H,2,3,4)/t26-;/m0./s1. The molecular weight excluding hydrogens is 757 g/mol. The van der Waals surface area contributed by atoms with Crippen molar-refractivity contribution in [3.63, 3.8) is 0 Å². The monoisotopic (exact) mass is 793 g/mol. The molecule has 2 aliphatic heterocycles. The normalized spacial score (nSPS) is 17.0. The van der Waals surface area contributed by atoms with Gasteiger partial charge in [0.25, 0.3) is 16.0 Å². The molecule has 0 saturated carbocycles. The van der Waals surface area contributed by atoms with Crippen molar-refractivity contribution >= 4 is 67.0 Å². The third-order valence-corrected chi connectivity index (χ3v) is 11.3. The lowest BCUT2D eigenvalue weighted by Crippen LogP contribution is -2.55. The summed E-state index contributed by atoms with van der Waals surface area (Å²) in [5.41, 5.74) is 3.03. The average molecular weight is 795 g/mol. The molecule has 2 amide bonds. The van der Waals surface area contributed by atoms with Gasteiger partial charge in [-0.15, -0.1) is 0 Å². The lowest BCUT2D eigenvalue weighted by atomic mass is 10.1. The topological polar surface area (TPSA) is 197 Å². The molecule has 2 aromatic heterocycles. The number of hydrogen-bond donors (Lipinski definition) is 2. The maximum absolute atomic E-state index is 14.0. The number of piperazine rings is 1. The number of rotatable bonds is 8. The molecule has 278 valence electrons. The summed E-state index contributed by atoms with van der Waals surface area (Å²) in [7, 11) is -7.85. The second-order valence-electron chi connectivity index (χ2n) is 12.1. The molecule has 2 aliphatic rings. The molecule has 52 heavy (non-hydrogen) atoms. The van der Waals surface area contributed by atoms with Crippen LogP contribution in [-0.4, -0.2) is 108 Å². The SMILES string of the molecule is CS(=O)(=O)O.Cc1cn2cccc(OCc3c(Cl)ccc(S(=O)(=O)N4CCC[C@H]4C(=O)N4CCN(C(=O)c5ccc(C=NN)cc5)CC4)c3Cl)c2n1. The highest BCUT2D eigenvalue weighted by Gasteiger charge is 2.43. The number of fused-ring (bicyclic) bond motifs is 1. The maximum Gasteiger partial charge on any atom is 0.261 e. The Bertz CT molecular complexity index is 2200. The zero-order valence-corrected chi connectivity index (χ0v) is 31.4. The fraction of sp³-hybridized carbons (Fsp3) is 0.333. The molecule has 0 aliphatic carbocycles. The van der Waals surface area contributed by atoms with Crippen LogP contribution < -0.4 is 10.6 Å². The Hall–Kier alpha value is -4.26. The molecule has 0 radical (unpaired) electrons. The molecule has 0 unspecified atom stereocenters. The second-order valence-corrected chi connectivity index (χ2v) is 16.2. The average Bonchev–Trinajstić information content (AvgIpc) is 3.75. The van der Waals surface area contributed by atoms with Gasteiger partial charge < -0.3 is 24.8 Å². The van der Waals surface area contributed by atoms with Gasteiger partial charge >= 0.3 is 0 Å². The first-order valence-corrected chi connectivity index (χ1v) is 20.0. The molecule has 0 bridgehead atoms. The fourth-order valence-electron chi connectivity index (χ4n) is 6.00. The molecule has 2 fully saturated rings. The van der Waals surface area contributed by atoms with Crippen molar-refractivity contribution in [3.8, 4) is 5.75 Å². The van der Waals surface area contributed by atoms with Crippen molar-refractivity contribution in [2.45, 2.75) is 37.3 Å². The lowest BCUT2D eigenvalue weighted by Gasteiger charge is -2.37. The first kappa shape index (κ1) is 39.0. The van der Waals surface area contributed by atoms with Crippen LogP contribution in [0, 0.1) is 6.92 Å². The summed E-state index contributed by atoms with van der Waals surface area (Å²) in [6, 6.07) is 12.5. The van der Waals surface area contributed by atoms with Gasteiger partial charge in [0.15, 0.2) is 11.4 Å². The summed E-state index contributed by atoms with van der Waals surface area (Å²) < 4.78 is 63.0. The van der Waals surface area contributed by atoms with Crippen molar-refractivity contribution in [1.82, 2.24) is 23.5 Å². The van der Waals surface area contributed by atoms with Gasteiger partial charge in [-0.3, -0.25) is 14.1 Å². The number of halogens is 2. The zero-order chi connectivity index (χ0) is 37.8. The van der Waals surface area contributed by atoms with E-state index in [2.05, 4.69) is 10.1 Å². The molecule has 4 aromatic rings. The molecule has 1 atom stereocenters. The van der Waals surface area contributed by atoms with E-state index >= 15 is 0 Å². The van der Waals surface area contributed by atoms with Crippen molar-refractivity contribution in [3.05, 3.63) is 93.4 Å². The smallest absolute Gasteiger partial charge is 0.261 e. The van der Waals surface area contributed by atoms with E-state index in [1.165, 1.54) is 22.7 Å². The molecule has 3 N–H and O–H groups in total. The van der Waals surface area contributed by atoms with Gasteiger partial charge in [0.2, 0.25) is 15.9 Å². The Labute approximate surface area is 311 Å². The minimum absolute atomic E-state index is 0.0578. The largest absolute Gasteiger partial charge is 0.485 e. The predicted molar refractivity (Wildman–Crippen MR) is 196 cm³/mol. The number of carbonyl (C=O) groups is 2. The number of hydrazone groups is 1. The summed E-state index contributed by atoms with van der Waals surface area (Å²) in [5.74, 6) is 5.24. The fourth-order valence-corrected chi connectivity index (χ4v) is 8.52. The van der Waals surface area contributed by atoms with Crippen molar-refractivity contribution in [2.75, 3.05) is 39.0 Å². The predicted octanol–water partition coefficient (Wildman–Crippen LogP) is 3.46. The number of sulfonamides is 1. The Morgan fingerprint density at radius 3 is 2.33 bits per heavy atom. The van der Waals surface area contributed by atoms with Crippen LogP contribution in [0.5, 0.6) is 5.75 Å². The molecule has 2 aromatic carbocycles. The summed E-state index contributed by atoms with van der Waals surface area (Å²) in [6.07, 6.45) is 6.82. The van der Waals surface area contributed by atoms with Crippen LogP contribution in [0.4, 0.5) is 0 Å². The van der Waals surface area contributed by atoms with E-state index in [1.807, 2.05) is 29.8 Å². The van der Waals surface area contributed by atoms with E-state index in [9.17, 15) is 26.4 Å². The van der Waals surface area contributed by atoms with Crippen LogP contribution in [0.1, 0.15) is 40.0 Å². The van der Waals surface area contributed by atoms with Crippen LogP contribution in [-0.2, 0) is 31.5 Å². The number of hydrogen-bond acceptors (Lipinski definition) is 10. The zero-order valence-electron chi connectivity index (χ0n) is 28.2. The first-order chi connectivity index (χ1) is 24.6.